The van der Waals surface area contributed by atoms with Crippen molar-refractivity contribution in [1.29, 1.82) is 0 Å². The summed E-state index contributed by atoms with van der Waals surface area (Å²) in [6.45, 7) is -0.367. The summed E-state index contributed by atoms with van der Waals surface area (Å²) in [5.74, 6) is 0. The second-order valence-electron chi connectivity index (χ2n) is 2.68. The number of nitrogens with one attached hydrogen (secondary N) is 1. The lowest BCUT2D eigenvalue weighted by atomic mass is 10.1. The van der Waals surface area contributed by atoms with E-state index in [1.54, 1.807) is 0 Å². The molecule has 1 heterocycles. The summed E-state index contributed by atoms with van der Waals surface area (Å²) in [5, 5.41) is 33.1. The van der Waals surface area contributed by atoms with Gasteiger partial charge in [0.05, 0.1) is 12.6 Å². The van der Waals surface area contributed by atoms with E-state index in [4.69, 9.17) is 10.6 Å². The largest absolute Gasteiger partial charge is 0.395 e. The first-order valence-corrected chi connectivity index (χ1v) is 3.45. The van der Waals surface area contributed by atoms with Gasteiger partial charge in [-0.3, -0.25) is 0 Å². The van der Waals surface area contributed by atoms with Gasteiger partial charge in [0.15, 0.2) is 5.72 Å². The topological polar surface area (TPSA) is 121 Å². The van der Waals surface area contributed by atoms with Crippen LogP contribution in [0.3, 0.4) is 0 Å². The number of hydrogen-bond acceptors (Lipinski definition) is 5. The molecular formula is C5H10N4O3. The van der Waals surface area contributed by atoms with Gasteiger partial charge < -0.3 is 20.6 Å². The molecule has 4 N–H and O–H groups in total. The Labute approximate surface area is 68.3 Å². The Bertz CT molecular complexity index is 217. The molecule has 7 heteroatoms. The predicted octanol–water partition coefficient (Wildman–Crippen LogP) is -1.69. The first kappa shape index (κ1) is 9.24. The van der Waals surface area contributed by atoms with Crippen molar-refractivity contribution in [1.82, 2.24) is 5.32 Å². The minimum absolute atomic E-state index is 0.0521. The number of aliphatic hydroxyl groups excluding tert-OH is 2. The van der Waals surface area contributed by atoms with Crippen LogP contribution in [0.5, 0.6) is 0 Å². The highest BCUT2D eigenvalue weighted by molar-refractivity contribution is 5.00. The zero-order valence-corrected chi connectivity index (χ0v) is 6.25. The molecule has 1 rings (SSSR count). The minimum atomic E-state index is -1.83. The lowest BCUT2D eigenvalue weighted by molar-refractivity contribution is -0.0493. The molecule has 68 valence electrons. The maximum Gasteiger partial charge on any atom is 0.183 e. The average Bonchev–Trinajstić information content (AvgIpc) is 2.30. The molecule has 3 atom stereocenters. The molecule has 7 nitrogen and oxygen atoms in total. The van der Waals surface area contributed by atoms with E-state index in [0.717, 1.165) is 0 Å². The lowest BCUT2D eigenvalue weighted by Crippen LogP contribution is -2.43. The number of hydrogen-bond donors (Lipinski definition) is 4. The average molecular weight is 174 g/mol. The van der Waals surface area contributed by atoms with Crippen molar-refractivity contribution in [3.63, 3.8) is 0 Å². The normalized spacial score (nSPS) is 40.9. The van der Waals surface area contributed by atoms with Gasteiger partial charge in [-0.2, -0.15) is 0 Å². The Morgan fingerprint density at radius 3 is 2.83 bits per heavy atom. The molecule has 1 aliphatic rings. The highest BCUT2D eigenvalue weighted by Crippen LogP contribution is 2.21. The number of rotatable bonds is 2. The number of azide groups is 1. The number of nitrogens with zero attached hydrogens (tertiary/aromatic N) is 3. The molecule has 1 fully saturated rings. The third kappa shape index (κ3) is 1.36. The fourth-order valence-corrected chi connectivity index (χ4v) is 1.16. The fourth-order valence-electron chi connectivity index (χ4n) is 1.16. The maximum absolute atomic E-state index is 9.42. The van der Waals surface area contributed by atoms with Crippen LogP contribution in [0.4, 0.5) is 0 Å². The van der Waals surface area contributed by atoms with Gasteiger partial charge in [0, 0.05) is 11.5 Å². The molecule has 0 bridgehead atoms. The van der Waals surface area contributed by atoms with Gasteiger partial charge in [0.2, 0.25) is 0 Å². The first-order chi connectivity index (χ1) is 5.64. The molecule has 0 aliphatic carbocycles. The lowest BCUT2D eigenvalue weighted by Gasteiger charge is -2.20. The van der Waals surface area contributed by atoms with Gasteiger partial charge in [-0.1, -0.05) is 5.11 Å². The van der Waals surface area contributed by atoms with Crippen molar-refractivity contribution in [3.8, 4) is 0 Å². The molecule has 0 saturated carbocycles. The molecule has 0 amide bonds. The van der Waals surface area contributed by atoms with Crippen molar-refractivity contribution in [2.45, 2.75) is 17.9 Å². The van der Waals surface area contributed by atoms with Gasteiger partial charge in [-0.15, -0.1) is 0 Å². The highest BCUT2D eigenvalue weighted by Gasteiger charge is 2.45. The van der Waals surface area contributed by atoms with E-state index in [2.05, 4.69) is 15.3 Å². The van der Waals surface area contributed by atoms with Crippen molar-refractivity contribution >= 4 is 0 Å². The second-order valence-corrected chi connectivity index (χ2v) is 2.68. The molecule has 0 spiro atoms. The van der Waals surface area contributed by atoms with Gasteiger partial charge in [-0.25, -0.2) is 0 Å². The fraction of sp³-hybridized carbons (Fsp3) is 1.00. The Balaban J connectivity index is 2.76. The summed E-state index contributed by atoms with van der Waals surface area (Å²) in [6, 6.07) is -0.638. The third-order valence-electron chi connectivity index (χ3n) is 1.89. The predicted molar refractivity (Wildman–Crippen MR) is 39.0 cm³/mol. The number of β-amino-alcohol motifs (C(OH)–C–C–N with tert-alkyl or cyclic N) is 1. The van der Waals surface area contributed by atoms with E-state index in [9.17, 15) is 10.2 Å². The van der Waals surface area contributed by atoms with Crippen LogP contribution >= 0.6 is 0 Å². The zero-order valence-electron chi connectivity index (χ0n) is 6.25. The molecular weight excluding hydrogens is 164 g/mol. The van der Waals surface area contributed by atoms with Crippen molar-refractivity contribution in [2.75, 3.05) is 13.2 Å². The van der Waals surface area contributed by atoms with Crippen LogP contribution in [0.15, 0.2) is 5.11 Å². The number of aliphatic hydroxyl groups is 3. The molecule has 1 saturated heterocycles. The van der Waals surface area contributed by atoms with E-state index in [1.807, 2.05) is 0 Å². The van der Waals surface area contributed by atoms with Crippen LogP contribution < -0.4 is 5.32 Å². The van der Waals surface area contributed by atoms with Crippen molar-refractivity contribution in [3.05, 3.63) is 10.4 Å². The van der Waals surface area contributed by atoms with Crippen molar-refractivity contribution in [2.24, 2.45) is 5.11 Å². The second kappa shape index (κ2) is 3.26. The molecule has 0 radical (unpaired) electrons. The van der Waals surface area contributed by atoms with Crippen LogP contribution in [-0.4, -0.2) is 46.3 Å². The quantitative estimate of drug-likeness (QED) is 0.226. The SMILES string of the molecule is [N-]=[N+]=N[C@@]1(O)CN[C@H](CO)[C@H]1O. The molecule has 0 unspecified atom stereocenters. The highest BCUT2D eigenvalue weighted by atomic mass is 16.4. The first-order valence-electron chi connectivity index (χ1n) is 3.45. The Kier molecular flexibility index (Phi) is 2.51. The smallest absolute Gasteiger partial charge is 0.183 e. The van der Waals surface area contributed by atoms with E-state index >= 15 is 0 Å². The molecule has 0 aromatic heterocycles. The standard InChI is InChI=1S/C5H10N4O3/c6-9-8-5(12)2-7-3(1-10)4(5)11/h3-4,7,10-12H,1-2H2/t3-,4-,5-/m1/s1. The summed E-state index contributed by atoms with van der Waals surface area (Å²) in [4.78, 5) is 2.40. The van der Waals surface area contributed by atoms with Gasteiger partial charge in [-0.05, 0) is 5.53 Å². The third-order valence-corrected chi connectivity index (χ3v) is 1.89. The van der Waals surface area contributed by atoms with Crippen LogP contribution in [0, 0.1) is 0 Å². The summed E-state index contributed by atoms with van der Waals surface area (Å²) < 4.78 is 0. The zero-order chi connectivity index (χ0) is 9.19. The van der Waals surface area contributed by atoms with Gasteiger partial charge in [0.1, 0.15) is 6.10 Å². The van der Waals surface area contributed by atoms with E-state index in [-0.39, 0.29) is 13.2 Å². The van der Waals surface area contributed by atoms with Crippen LogP contribution in [-0.2, 0) is 0 Å². The molecule has 12 heavy (non-hydrogen) atoms. The molecule has 0 aromatic rings. The van der Waals surface area contributed by atoms with Gasteiger partial charge in [0.25, 0.3) is 0 Å². The van der Waals surface area contributed by atoms with Crippen molar-refractivity contribution < 1.29 is 15.3 Å². The van der Waals surface area contributed by atoms with Gasteiger partial charge >= 0.3 is 0 Å². The van der Waals surface area contributed by atoms with E-state index < -0.39 is 17.9 Å². The summed E-state index contributed by atoms with van der Waals surface area (Å²) in [7, 11) is 0. The van der Waals surface area contributed by atoms with Crippen LogP contribution in [0.2, 0.25) is 0 Å². The van der Waals surface area contributed by atoms with E-state index in [0.29, 0.717) is 0 Å². The molecule has 1 aliphatic heterocycles. The Hall–Kier alpha value is -0.850. The van der Waals surface area contributed by atoms with E-state index in [1.165, 1.54) is 0 Å². The monoisotopic (exact) mass is 174 g/mol. The minimum Gasteiger partial charge on any atom is -0.395 e. The summed E-state index contributed by atoms with van der Waals surface area (Å²) in [5.41, 5.74) is 6.23. The summed E-state index contributed by atoms with van der Waals surface area (Å²) >= 11 is 0. The Morgan fingerprint density at radius 2 is 2.42 bits per heavy atom. The summed E-state index contributed by atoms with van der Waals surface area (Å²) in [6.07, 6.45) is -1.27. The Morgan fingerprint density at radius 1 is 1.75 bits per heavy atom. The molecule has 0 aromatic carbocycles. The van der Waals surface area contributed by atoms with Crippen LogP contribution in [0.1, 0.15) is 0 Å². The van der Waals surface area contributed by atoms with Crippen LogP contribution in [0.25, 0.3) is 10.4 Å². The maximum atomic E-state index is 9.42.